The van der Waals surface area contributed by atoms with Crippen LogP contribution in [0.2, 0.25) is 0 Å². The summed E-state index contributed by atoms with van der Waals surface area (Å²) >= 11 is 1.51. The van der Waals surface area contributed by atoms with Gasteiger partial charge in [0.1, 0.15) is 0 Å². The summed E-state index contributed by atoms with van der Waals surface area (Å²) in [7, 11) is 0. The summed E-state index contributed by atoms with van der Waals surface area (Å²) in [4.78, 5) is 0. The summed E-state index contributed by atoms with van der Waals surface area (Å²) in [6, 6.07) is 5.44. The van der Waals surface area contributed by atoms with Crippen molar-refractivity contribution in [3.05, 3.63) is 29.8 Å². The smallest absolute Gasteiger partial charge is 0.384 e. The largest absolute Gasteiger partial charge is 0.418 e. The lowest BCUT2D eigenvalue weighted by molar-refractivity contribution is -0.136. The molecule has 1 N–H and O–H groups in total. The molecular formula is C12H12F3NS. The summed E-state index contributed by atoms with van der Waals surface area (Å²) < 4.78 is 37.8. The first-order valence-corrected chi connectivity index (χ1v) is 6.12. The average Bonchev–Trinajstić information content (AvgIpc) is 2.28. The molecule has 0 aliphatic heterocycles. The van der Waals surface area contributed by atoms with Crippen LogP contribution < -0.4 is 5.32 Å². The molecular weight excluding hydrogens is 247 g/mol. The van der Waals surface area contributed by atoms with Crippen LogP contribution >= 0.6 is 11.8 Å². The Kier molecular flexibility index (Phi) is 5.23. The second kappa shape index (κ2) is 6.45. The topological polar surface area (TPSA) is 12.0 Å². The quantitative estimate of drug-likeness (QED) is 0.641. The van der Waals surface area contributed by atoms with Crippen molar-refractivity contribution >= 4 is 17.4 Å². The number of alkyl halides is 3. The van der Waals surface area contributed by atoms with E-state index < -0.39 is 11.7 Å². The monoisotopic (exact) mass is 259 g/mol. The number of para-hydroxylation sites is 1. The summed E-state index contributed by atoms with van der Waals surface area (Å²) in [5, 5.41) is 2.77. The predicted octanol–water partition coefficient (Wildman–Crippen LogP) is 3.48. The maximum absolute atomic E-state index is 12.6. The Labute approximate surface area is 103 Å². The first-order valence-electron chi connectivity index (χ1n) is 4.97. The van der Waals surface area contributed by atoms with Gasteiger partial charge in [-0.3, -0.25) is 0 Å². The number of benzene rings is 1. The fourth-order valence-electron chi connectivity index (χ4n) is 1.27. The van der Waals surface area contributed by atoms with E-state index in [2.05, 4.69) is 11.2 Å². The minimum atomic E-state index is -4.32. The maximum atomic E-state index is 12.6. The minimum Gasteiger partial charge on any atom is -0.384 e. The van der Waals surface area contributed by atoms with E-state index in [0.717, 1.165) is 6.07 Å². The molecule has 0 aliphatic carbocycles. The highest BCUT2D eigenvalue weighted by molar-refractivity contribution is 7.99. The van der Waals surface area contributed by atoms with E-state index in [0.29, 0.717) is 18.1 Å². The van der Waals surface area contributed by atoms with E-state index in [1.54, 1.807) is 6.07 Å². The van der Waals surface area contributed by atoms with Crippen molar-refractivity contribution in [2.75, 3.05) is 23.4 Å². The first-order chi connectivity index (χ1) is 8.05. The molecule has 1 aromatic rings. The van der Waals surface area contributed by atoms with Gasteiger partial charge in [0.15, 0.2) is 0 Å². The molecule has 0 unspecified atom stereocenters. The van der Waals surface area contributed by atoms with E-state index in [9.17, 15) is 13.2 Å². The van der Waals surface area contributed by atoms with Gasteiger partial charge >= 0.3 is 6.18 Å². The van der Waals surface area contributed by atoms with Crippen LogP contribution in [0.25, 0.3) is 0 Å². The third-order valence-corrected chi connectivity index (χ3v) is 2.84. The second-order valence-corrected chi connectivity index (χ2v) is 4.33. The maximum Gasteiger partial charge on any atom is 0.418 e. The fraction of sp³-hybridized carbons (Fsp3) is 0.333. The van der Waals surface area contributed by atoms with Gasteiger partial charge in [-0.1, -0.05) is 18.1 Å². The van der Waals surface area contributed by atoms with Gasteiger partial charge in [0.2, 0.25) is 0 Å². The summed E-state index contributed by atoms with van der Waals surface area (Å²) in [5.41, 5.74) is -0.525. The normalized spacial score (nSPS) is 10.9. The van der Waals surface area contributed by atoms with Crippen LogP contribution in [0.15, 0.2) is 24.3 Å². The Bertz CT molecular complexity index is 395. The Morgan fingerprint density at radius 1 is 1.29 bits per heavy atom. The van der Waals surface area contributed by atoms with Crippen molar-refractivity contribution in [1.29, 1.82) is 0 Å². The molecule has 0 saturated carbocycles. The van der Waals surface area contributed by atoms with Gasteiger partial charge in [0, 0.05) is 18.0 Å². The van der Waals surface area contributed by atoms with Crippen LogP contribution in [-0.4, -0.2) is 18.1 Å². The highest BCUT2D eigenvalue weighted by atomic mass is 32.2. The molecule has 0 radical (unpaired) electrons. The molecule has 1 aromatic carbocycles. The van der Waals surface area contributed by atoms with Gasteiger partial charge in [-0.25, -0.2) is 0 Å². The highest BCUT2D eigenvalue weighted by Gasteiger charge is 2.32. The molecule has 0 saturated heterocycles. The van der Waals surface area contributed by atoms with Crippen LogP contribution in [0.4, 0.5) is 18.9 Å². The second-order valence-electron chi connectivity index (χ2n) is 3.23. The average molecular weight is 259 g/mol. The molecule has 0 amide bonds. The molecule has 92 valence electrons. The van der Waals surface area contributed by atoms with Gasteiger partial charge in [0.25, 0.3) is 0 Å². The van der Waals surface area contributed by atoms with Crippen LogP contribution in [0.3, 0.4) is 0 Å². The van der Waals surface area contributed by atoms with Crippen molar-refractivity contribution < 1.29 is 13.2 Å². The number of anilines is 1. The zero-order valence-corrected chi connectivity index (χ0v) is 9.87. The van der Waals surface area contributed by atoms with Crippen LogP contribution in [0.1, 0.15) is 5.56 Å². The molecule has 0 atom stereocenters. The molecule has 17 heavy (non-hydrogen) atoms. The molecule has 0 bridgehead atoms. The SMILES string of the molecule is C#CCSCCNc1ccccc1C(F)(F)F. The number of rotatable bonds is 5. The zero-order valence-electron chi connectivity index (χ0n) is 9.05. The van der Waals surface area contributed by atoms with Gasteiger partial charge in [-0.2, -0.15) is 13.2 Å². The molecule has 1 nitrogen and oxygen atoms in total. The number of nitrogens with one attached hydrogen (secondary N) is 1. The van der Waals surface area contributed by atoms with Gasteiger partial charge in [-0.15, -0.1) is 18.2 Å². The molecule has 0 spiro atoms. The minimum absolute atomic E-state index is 0.112. The third kappa shape index (κ3) is 4.61. The van der Waals surface area contributed by atoms with Crippen LogP contribution in [0, 0.1) is 12.3 Å². The van der Waals surface area contributed by atoms with Crippen molar-refractivity contribution in [3.63, 3.8) is 0 Å². The van der Waals surface area contributed by atoms with E-state index in [1.165, 1.54) is 23.9 Å². The van der Waals surface area contributed by atoms with Crippen molar-refractivity contribution in [1.82, 2.24) is 0 Å². The first kappa shape index (κ1) is 13.8. The lowest BCUT2D eigenvalue weighted by Gasteiger charge is -2.13. The molecule has 0 heterocycles. The van der Waals surface area contributed by atoms with E-state index in [-0.39, 0.29) is 5.69 Å². The molecule has 5 heteroatoms. The van der Waals surface area contributed by atoms with Crippen molar-refractivity contribution in [2.45, 2.75) is 6.18 Å². The lowest BCUT2D eigenvalue weighted by atomic mass is 10.1. The number of halogens is 3. The van der Waals surface area contributed by atoms with Gasteiger partial charge < -0.3 is 5.32 Å². The zero-order chi connectivity index (χ0) is 12.7. The summed E-state index contributed by atoms with van der Waals surface area (Å²) in [5.74, 6) is 3.71. The van der Waals surface area contributed by atoms with Gasteiger partial charge in [-0.05, 0) is 12.1 Å². The van der Waals surface area contributed by atoms with Crippen LogP contribution in [0.5, 0.6) is 0 Å². The number of terminal acetylenes is 1. The van der Waals surface area contributed by atoms with E-state index in [4.69, 9.17) is 6.42 Å². The Balaban J connectivity index is 2.56. The summed E-state index contributed by atoms with van der Waals surface area (Å²) in [6.45, 7) is 0.458. The Hall–Kier alpha value is -1.28. The molecule has 0 aliphatic rings. The van der Waals surface area contributed by atoms with Gasteiger partial charge in [0.05, 0.1) is 11.3 Å². The van der Waals surface area contributed by atoms with E-state index in [1.807, 2.05) is 0 Å². The Morgan fingerprint density at radius 3 is 2.65 bits per heavy atom. The van der Waals surface area contributed by atoms with E-state index >= 15 is 0 Å². The van der Waals surface area contributed by atoms with Crippen molar-refractivity contribution in [3.8, 4) is 12.3 Å². The highest BCUT2D eigenvalue weighted by Crippen LogP contribution is 2.34. The van der Waals surface area contributed by atoms with Crippen LogP contribution in [-0.2, 0) is 6.18 Å². The molecule has 0 aromatic heterocycles. The molecule has 1 rings (SSSR count). The van der Waals surface area contributed by atoms with Crippen molar-refractivity contribution in [2.24, 2.45) is 0 Å². The number of thioether (sulfide) groups is 1. The molecule has 0 fully saturated rings. The summed E-state index contributed by atoms with van der Waals surface area (Å²) in [6.07, 6.45) is 0.739. The number of hydrogen-bond acceptors (Lipinski definition) is 2. The third-order valence-electron chi connectivity index (χ3n) is 1.98. The fourth-order valence-corrected chi connectivity index (χ4v) is 1.78. The Morgan fingerprint density at radius 2 is 2.00 bits per heavy atom. The number of hydrogen-bond donors (Lipinski definition) is 1. The standard InChI is InChI=1S/C12H12F3NS/c1-2-8-17-9-7-16-11-6-4-3-5-10(11)12(13,14)15/h1,3-6,16H,7-9H2. The predicted molar refractivity (Wildman–Crippen MR) is 66.1 cm³/mol. The lowest BCUT2D eigenvalue weighted by Crippen LogP contribution is -2.12.